The number of carboxylic acid groups (broad SMARTS) is 1. The normalized spacial score (nSPS) is 9.71. The molecule has 0 saturated carbocycles. The Labute approximate surface area is 104 Å². The van der Waals surface area contributed by atoms with Gasteiger partial charge in [0.15, 0.2) is 5.78 Å². The van der Waals surface area contributed by atoms with Crippen LogP contribution in [0.2, 0.25) is 5.02 Å². The van der Waals surface area contributed by atoms with Crippen LogP contribution < -0.4 is 0 Å². The van der Waals surface area contributed by atoms with E-state index < -0.39 is 6.09 Å². The molecule has 0 bridgehead atoms. The van der Waals surface area contributed by atoms with Crippen molar-refractivity contribution in [1.82, 2.24) is 4.90 Å². The van der Waals surface area contributed by atoms with Crippen LogP contribution in [0.5, 0.6) is 0 Å². The van der Waals surface area contributed by atoms with Crippen molar-refractivity contribution in [3.63, 3.8) is 0 Å². The number of amides is 1. The number of halogens is 1. The van der Waals surface area contributed by atoms with Gasteiger partial charge in [0, 0.05) is 17.1 Å². The van der Waals surface area contributed by atoms with Crippen molar-refractivity contribution in [3.8, 4) is 0 Å². The van der Waals surface area contributed by atoms with E-state index in [9.17, 15) is 9.59 Å². The fourth-order valence-electron chi connectivity index (χ4n) is 1.27. The van der Waals surface area contributed by atoms with E-state index in [4.69, 9.17) is 16.7 Å². The molecular formula is C12H12ClNO3. The monoisotopic (exact) mass is 253 g/mol. The Bertz CT molecular complexity index is 428. The van der Waals surface area contributed by atoms with Gasteiger partial charge in [-0.15, -0.1) is 6.58 Å². The van der Waals surface area contributed by atoms with Gasteiger partial charge in [0.2, 0.25) is 0 Å². The Morgan fingerprint density at radius 3 is 2.41 bits per heavy atom. The first kappa shape index (κ1) is 13.3. The number of carbonyl (C=O) groups is 2. The predicted molar refractivity (Wildman–Crippen MR) is 65.6 cm³/mol. The molecule has 4 nitrogen and oxygen atoms in total. The number of hydrogen-bond donors (Lipinski definition) is 1. The van der Waals surface area contributed by atoms with E-state index in [2.05, 4.69) is 6.58 Å². The minimum atomic E-state index is -1.15. The van der Waals surface area contributed by atoms with Gasteiger partial charge in [0.1, 0.15) is 0 Å². The van der Waals surface area contributed by atoms with Crippen molar-refractivity contribution in [1.29, 1.82) is 0 Å². The van der Waals surface area contributed by atoms with E-state index in [0.717, 1.165) is 4.90 Å². The molecule has 0 radical (unpaired) electrons. The average molecular weight is 254 g/mol. The van der Waals surface area contributed by atoms with Gasteiger partial charge in [-0.1, -0.05) is 17.7 Å². The third-order valence-corrected chi connectivity index (χ3v) is 2.37. The van der Waals surface area contributed by atoms with Gasteiger partial charge in [-0.05, 0) is 24.3 Å². The van der Waals surface area contributed by atoms with E-state index in [1.807, 2.05) is 0 Å². The minimum absolute atomic E-state index is 0.120. The summed E-state index contributed by atoms with van der Waals surface area (Å²) in [6.45, 7) is 3.37. The Morgan fingerprint density at radius 2 is 1.94 bits per heavy atom. The van der Waals surface area contributed by atoms with Crippen LogP contribution in [0.15, 0.2) is 36.9 Å². The zero-order valence-electron chi connectivity index (χ0n) is 9.10. The zero-order valence-corrected chi connectivity index (χ0v) is 9.85. The Kier molecular flexibility index (Phi) is 4.72. The number of hydrogen-bond acceptors (Lipinski definition) is 2. The topological polar surface area (TPSA) is 57.6 Å². The maximum absolute atomic E-state index is 11.8. The second-order valence-corrected chi connectivity index (χ2v) is 3.82. The molecule has 0 spiro atoms. The fraction of sp³-hybridized carbons (Fsp3) is 0.167. The van der Waals surface area contributed by atoms with Gasteiger partial charge >= 0.3 is 6.09 Å². The zero-order chi connectivity index (χ0) is 12.8. The van der Waals surface area contributed by atoms with Crippen LogP contribution in [-0.2, 0) is 0 Å². The smallest absolute Gasteiger partial charge is 0.407 e. The molecule has 0 aliphatic heterocycles. The lowest BCUT2D eigenvalue weighted by molar-refractivity contribution is 0.0918. The van der Waals surface area contributed by atoms with Crippen LogP contribution in [0.4, 0.5) is 4.79 Å². The summed E-state index contributed by atoms with van der Waals surface area (Å²) in [5, 5.41) is 9.38. The quantitative estimate of drug-likeness (QED) is 0.648. The Morgan fingerprint density at radius 1 is 1.35 bits per heavy atom. The lowest BCUT2D eigenvalue weighted by Crippen LogP contribution is -2.34. The molecule has 0 atom stereocenters. The van der Waals surface area contributed by atoms with Crippen LogP contribution in [0.1, 0.15) is 10.4 Å². The van der Waals surface area contributed by atoms with Gasteiger partial charge in [0.25, 0.3) is 0 Å². The molecule has 0 aromatic heterocycles. The molecule has 1 aromatic rings. The first-order valence-corrected chi connectivity index (χ1v) is 5.30. The van der Waals surface area contributed by atoms with E-state index in [0.29, 0.717) is 10.6 Å². The van der Waals surface area contributed by atoms with Gasteiger partial charge in [-0.3, -0.25) is 9.69 Å². The summed E-state index contributed by atoms with van der Waals surface area (Å²) < 4.78 is 0. The molecule has 0 aliphatic rings. The largest absolute Gasteiger partial charge is 0.465 e. The Balaban J connectivity index is 2.73. The molecule has 90 valence electrons. The van der Waals surface area contributed by atoms with Crippen molar-refractivity contribution in [2.45, 2.75) is 0 Å². The predicted octanol–water partition coefficient (Wildman–Crippen LogP) is 2.69. The number of nitrogens with zero attached hydrogens (tertiary/aromatic N) is 1. The molecule has 1 aromatic carbocycles. The standard InChI is InChI=1S/C12H12ClNO3/c1-2-7-14(12(16)17)8-11(15)9-3-5-10(13)6-4-9/h2-6H,1,7-8H2,(H,16,17). The van der Waals surface area contributed by atoms with Crippen LogP contribution >= 0.6 is 11.6 Å². The first-order chi connectivity index (χ1) is 8.04. The highest BCUT2D eigenvalue weighted by atomic mass is 35.5. The summed E-state index contributed by atoms with van der Waals surface area (Å²) in [6, 6.07) is 6.32. The summed E-state index contributed by atoms with van der Waals surface area (Å²) in [7, 11) is 0. The molecule has 5 heteroatoms. The van der Waals surface area contributed by atoms with Gasteiger partial charge < -0.3 is 5.11 Å². The lowest BCUT2D eigenvalue weighted by Gasteiger charge is -2.15. The molecule has 17 heavy (non-hydrogen) atoms. The second-order valence-electron chi connectivity index (χ2n) is 3.38. The van der Waals surface area contributed by atoms with Crippen molar-refractivity contribution >= 4 is 23.5 Å². The number of Topliss-reactive ketones (excluding diaryl/α,β-unsaturated/α-hetero) is 1. The van der Waals surface area contributed by atoms with Crippen molar-refractivity contribution in [3.05, 3.63) is 47.5 Å². The number of ketones is 1. The molecule has 1 N–H and O–H groups in total. The van der Waals surface area contributed by atoms with E-state index in [-0.39, 0.29) is 18.9 Å². The molecule has 0 heterocycles. The third-order valence-electron chi connectivity index (χ3n) is 2.12. The SMILES string of the molecule is C=CCN(CC(=O)c1ccc(Cl)cc1)C(=O)O. The highest BCUT2D eigenvalue weighted by Gasteiger charge is 2.15. The number of benzene rings is 1. The molecule has 1 amide bonds. The van der Waals surface area contributed by atoms with Crippen LogP contribution in [0.25, 0.3) is 0 Å². The van der Waals surface area contributed by atoms with E-state index >= 15 is 0 Å². The molecule has 0 unspecified atom stereocenters. The maximum Gasteiger partial charge on any atom is 0.407 e. The van der Waals surface area contributed by atoms with Gasteiger partial charge in [0.05, 0.1) is 6.54 Å². The molecule has 0 aliphatic carbocycles. The van der Waals surface area contributed by atoms with E-state index in [1.54, 1.807) is 24.3 Å². The van der Waals surface area contributed by atoms with E-state index in [1.165, 1.54) is 6.08 Å². The van der Waals surface area contributed by atoms with Crippen molar-refractivity contribution in [2.75, 3.05) is 13.1 Å². The minimum Gasteiger partial charge on any atom is -0.465 e. The summed E-state index contributed by atoms with van der Waals surface area (Å²) in [5.74, 6) is -0.272. The van der Waals surface area contributed by atoms with Crippen molar-refractivity contribution < 1.29 is 14.7 Å². The second kappa shape index (κ2) is 6.06. The fourth-order valence-corrected chi connectivity index (χ4v) is 1.39. The summed E-state index contributed by atoms with van der Waals surface area (Å²) >= 11 is 5.69. The maximum atomic E-state index is 11.8. The highest BCUT2D eigenvalue weighted by Crippen LogP contribution is 2.10. The summed E-state index contributed by atoms with van der Waals surface area (Å²) in [6.07, 6.45) is 0.288. The number of rotatable bonds is 5. The van der Waals surface area contributed by atoms with Crippen LogP contribution in [0, 0.1) is 0 Å². The molecule has 0 saturated heterocycles. The summed E-state index contributed by atoms with van der Waals surface area (Å²) in [4.78, 5) is 23.6. The van der Waals surface area contributed by atoms with Crippen LogP contribution in [0.3, 0.4) is 0 Å². The lowest BCUT2D eigenvalue weighted by atomic mass is 10.1. The Hall–Kier alpha value is -1.81. The molecule has 1 rings (SSSR count). The molecular weight excluding hydrogens is 242 g/mol. The van der Waals surface area contributed by atoms with Crippen molar-refractivity contribution in [2.24, 2.45) is 0 Å². The van der Waals surface area contributed by atoms with Gasteiger partial charge in [-0.25, -0.2) is 4.79 Å². The third kappa shape index (κ3) is 3.92. The summed E-state index contributed by atoms with van der Waals surface area (Å²) in [5.41, 5.74) is 0.435. The van der Waals surface area contributed by atoms with Crippen LogP contribution in [-0.4, -0.2) is 35.0 Å². The first-order valence-electron chi connectivity index (χ1n) is 4.92. The highest BCUT2D eigenvalue weighted by molar-refractivity contribution is 6.30. The molecule has 0 fully saturated rings. The number of carbonyl (C=O) groups excluding carboxylic acids is 1. The average Bonchev–Trinajstić information content (AvgIpc) is 2.29. The van der Waals surface area contributed by atoms with Gasteiger partial charge in [-0.2, -0.15) is 0 Å².